The number of amides is 2. The van der Waals surface area contributed by atoms with Gasteiger partial charge in [-0.05, 0) is 37.1 Å². The van der Waals surface area contributed by atoms with E-state index in [0.717, 1.165) is 0 Å². The second-order valence-corrected chi connectivity index (χ2v) is 9.09. The number of benzene rings is 1. The molecule has 0 spiro atoms. The van der Waals surface area contributed by atoms with Gasteiger partial charge in [-0.2, -0.15) is 0 Å². The fourth-order valence-corrected chi connectivity index (χ4v) is 4.38. The number of hydrogen-bond acceptors (Lipinski definition) is 6. The van der Waals surface area contributed by atoms with Crippen LogP contribution in [0.5, 0.6) is 0 Å². The zero-order valence-corrected chi connectivity index (χ0v) is 18.4. The average molecular weight is 447 g/mol. The van der Waals surface area contributed by atoms with Crippen LogP contribution in [0.15, 0.2) is 57.0 Å². The number of furan rings is 1. The Labute approximate surface area is 181 Å². The van der Waals surface area contributed by atoms with Crippen LogP contribution in [0.2, 0.25) is 0 Å². The smallest absolute Gasteiger partial charge is 0.263 e. The number of carbonyl (C=O) groups is 2. The van der Waals surface area contributed by atoms with Crippen molar-refractivity contribution in [1.82, 2.24) is 15.4 Å². The molecule has 10 heteroatoms. The number of nitrogens with zero attached hydrogens (tertiary/aromatic N) is 1. The zero-order chi connectivity index (χ0) is 22.6. The van der Waals surface area contributed by atoms with Gasteiger partial charge in [0.05, 0.1) is 17.7 Å². The van der Waals surface area contributed by atoms with Crippen molar-refractivity contribution in [1.29, 1.82) is 0 Å². The molecule has 166 valence electrons. The summed E-state index contributed by atoms with van der Waals surface area (Å²) in [5.74, 6) is -0.268. The topological polar surface area (TPSA) is 130 Å². The van der Waals surface area contributed by atoms with E-state index in [-0.39, 0.29) is 29.1 Å². The monoisotopic (exact) mass is 446 g/mol. The highest BCUT2D eigenvalue weighted by Crippen LogP contribution is 2.24. The predicted molar refractivity (Wildman–Crippen MR) is 115 cm³/mol. The van der Waals surface area contributed by atoms with Crippen molar-refractivity contribution in [3.8, 4) is 0 Å². The molecule has 0 radical (unpaired) electrons. The van der Waals surface area contributed by atoms with Crippen LogP contribution in [0.3, 0.4) is 0 Å². The van der Waals surface area contributed by atoms with Gasteiger partial charge in [-0.15, -0.1) is 0 Å². The molecule has 1 aliphatic rings. The molecule has 0 bridgehead atoms. The molecule has 3 atom stereocenters. The first-order valence-electron chi connectivity index (χ1n) is 10.0. The molecule has 0 saturated heterocycles. The Morgan fingerprint density at radius 2 is 1.87 bits per heavy atom. The number of rotatable bonds is 8. The van der Waals surface area contributed by atoms with Crippen LogP contribution in [0.4, 0.5) is 0 Å². The molecule has 0 fully saturated rings. The van der Waals surface area contributed by atoms with Gasteiger partial charge < -0.3 is 15.1 Å². The third kappa shape index (κ3) is 5.13. The molecule has 1 aromatic carbocycles. The summed E-state index contributed by atoms with van der Waals surface area (Å²) >= 11 is 0. The summed E-state index contributed by atoms with van der Waals surface area (Å²) in [5.41, 5.74) is 0.424. The van der Waals surface area contributed by atoms with E-state index in [1.54, 1.807) is 37.3 Å². The largest absolute Gasteiger partial charge is 0.467 e. The minimum Gasteiger partial charge on any atom is -0.467 e. The molecule has 2 aromatic rings. The van der Waals surface area contributed by atoms with E-state index in [1.807, 2.05) is 13.8 Å². The number of amidine groups is 1. The number of sulfonamides is 1. The van der Waals surface area contributed by atoms with Crippen molar-refractivity contribution in [2.75, 3.05) is 0 Å². The van der Waals surface area contributed by atoms with Crippen LogP contribution >= 0.6 is 0 Å². The summed E-state index contributed by atoms with van der Waals surface area (Å²) < 4.78 is 32.3. The molecule has 9 nitrogen and oxygen atoms in total. The molecular weight excluding hydrogens is 420 g/mol. The Morgan fingerprint density at radius 1 is 1.13 bits per heavy atom. The van der Waals surface area contributed by atoms with E-state index < -0.39 is 28.0 Å². The third-order valence-electron chi connectivity index (χ3n) is 5.15. The molecule has 2 heterocycles. The Morgan fingerprint density at radius 3 is 2.55 bits per heavy atom. The quantitative estimate of drug-likeness (QED) is 0.566. The normalized spacial score (nSPS) is 18.5. The van der Waals surface area contributed by atoms with Crippen LogP contribution in [0.25, 0.3) is 0 Å². The van der Waals surface area contributed by atoms with Crippen molar-refractivity contribution in [2.24, 2.45) is 10.9 Å². The van der Waals surface area contributed by atoms with Crippen molar-refractivity contribution >= 4 is 27.7 Å². The lowest BCUT2D eigenvalue weighted by Crippen LogP contribution is -2.49. The highest BCUT2D eigenvalue weighted by Gasteiger charge is 2.33. The number of hydrogen-bond donors (Lipinski definition) is 3. The molecule has 1 unspecified atom stereocenters. The molecule has 3 rings (SSSR count). The zero-order valence-electron chi connectivity index (χ0n) is 17.6. The Balaban J connectivity index is 1.74. The average Bonchev–Trinajstić information content (AvgIpc) is 3.35. The standard InChI is InChI=1S/C21H26N4O5S/c1-4-13(2)18(24-19-16-9-5-6-10-17(16)31(28,29)25-19)21(27)23-14(3)20(26)22-12-15-8-7-11-30-15/h5-11,13-14,18H,4,12H2,1-3H3,(H,22,26)(H,23,27)(H,24,25)/t13-,14?,18-/m0/s1. The van der Waals surface area contributed by atoms with E-state index in [4.69, 9.17) is 4.42 Å². The summed E-state index contributed by atoms with van der Waals surface area (Å²) in [6.45, 7) is 5.55. The van der Waals surface area contributed by atoms with E-state index in [0.29, 0.717) is 17.7 Å². The van der Waals surface area contributed by atoms with Crippen LogP contribution in [-0.4, -0.2) is 38.2 Å². The maximum Gasteiger partial charge on any atom is 0.263 e. The molecule has 1 aromatic heterocycles. The first-order valence-corrected chi connectivity index (χ1v) is 11.5. The van der Waals surface area contributed by atoms with Gasteiger partial charge in [-0.1, -0.05) is 32.4 Å². The van der Waals surface area contributed by atoms with Crippen molar-refractivity contribution in [2.45, 2.75) is 50.7 Å². The molecule has 2 amide bonds. The maximum absolute atomic E-state index is 13.0. The highest BCUT2D eigenvalue weighted by atomic mass is 32.2. The summed E-state index contributed by atoms with van der Waals surface area (Å²) in [7, 11) is -3.71. The van der Waals surface area contributed by atoms with E-state index in [1.165, 1.54) is 12.3 Å². The van der Waals surface area contributed by atoms with Gasteiger partial charge in [0.25, 0.3) is 10.0 Å². The minimum atomic E-state index is -3.71. The van der Waals surface area contributed by atoms with Crippen molar-refractivity contribution in [3.63, 3.8) is 0 Å². The molecular formula is C21H26N4O5S. The van der Waals surface area contributed by atoms with Gasteiger partial charge in [-0.3, -0.25) is 19.3 Å². The van der Waals surface area contributed by atoms with Gasteiger partial charge >= 0.3 is 0 Å². The Hall–Kier alpha value is -3.14. The third-order valence-corrected chi connectivity index (χ3v) is 6.55. The fraction of sp³-hybridized carbons (Fsp3) is 0.381. The molecule has 0 saturated carbocycles. The van der Waals surface area contributed by atoms with Crippen LogP contribution in [0, 0.1) is 5.92 Å². The maximum atomic E-state index is 13.0. The van der Waals surface area contributed by atoms with Gasteiger partial charge in [0.1, 0.15) is 23.7 Å². The second-order valence-electron chi connectivity index (χ2n) is 7.44. The molecule has 3 N–H and O–H groups in total. The summed E-state index contributed by atoms with van der Waals surface area (Å²) in [6, 6.07) is 8.25. The van der Waals surface area contributed by atoms with Gasteiger partial charge in [0.15, 0.2) is 0 Å². The van der Waals surface area contributed by atoms with Crippen molar-refractivity contribution in [3.05, 3.63) is 54.0 Å². The summed E-state index contributed by atoms with van der Waals surface area (Å²) in [5, 5.41) is 5.37. The Kier molecular flexibility index (Phi) is 6.79. The Bertz CT molecular complexity index is 1080. The fourth-order valence-electron chi connectivity index (χ4n) is 3.14. The first-order chi connectivity index (χ1) is 14.7. The summed E-state index contributed by atoms with van der Waals surface area (Å²) in [6.07, 6.45) is 2.15. The number of fused-ring (bicyclic) bond motifs is 1. The van der Waals surface area contributed by atoms with Crippen LogP contribution in [-0.2, 0) is 26.2 Å². The first kappa shape index (κ1) is 22.5. The SMILES string of the molecule is CC[C@H](C)[C@H](N=C1NS(=O)(=O)c2ccccc21)C(=O)NC(C)C(=O)NCc1ccco1. The summed E-state index contributed by atoms with van der Waals surface area (Å²) in [4.78, 5) is 29.9. The van der Waals surface area contributed by atoms with Crippen LogP contribution < -0.4 is 15.4 Å². The van der Waals surface area contributed by atoms with Gasteiger partial charge in [0.2, 0.25) is 11.8 Å². The molecule has 0 aliphatic carbocycles. The van der Waals surface area contributed by atoms with E-state index in [2.05, 4.69) is 20.3 Å². The van der Waals surface area contributed by atoms with Gasteiger partial charge in [0, 0.05) is 5.56 Å². The van der Waals surface area contributed by atoms with E-state index in [9.17, 15) is 18.0 Å². The predicted octanol–water partition coefficient (Wildman–Crippen LogP) is 1.55. The molecule has 1 aliphatic heterocycles. The molecule has 31 heavy (non-hydrogen) atoms. The lowest BCUT2D eigenvalue weighted by molar-refractivity contribution is -0.129. The lowest BCUT2D eigenvalue weighted by atomic mass is 9.98. The number of aliphatic imine (C=N–C) groups is 1. The van der Waals surface area contributed by atoms with Crippen molar-refractivity contribution < 1.29 is 22.4 Å². The highest BCUT2D eigenvalue weighted by molar-refractivity contribution is 7.90. The number of carbonyl (C=O) groups excluding carboxylic acids is 2. The lowest BCUT2D eigenvalue weighted by Gasteiger charge is -2.22. The number of nitrogens with one attached hydrogen (secondary N) is 3. The second kappa shape index (κ2) is 9.34. The van der Waals surface area contributed by atoms with Crippen LogP contribution in [0.1, 0.15) is 38.5 Å². The minimum absolute atomic E-state index is 0.128. The van der Waals surface area contributed by atoms with E-state index >= 15 is 0 Å². The van der Waals surface area contributed by atoms with Gasteiger partial charge in [-0.25, -0.2) is 8.42 Å².